The van der Waals surface area contributed by atoms with Gasteiger partial charge in [-0.15, -0.1) is 21.5 Å². The summed E-state index contributed by atoms with van der Waals surface area (Å²) in [6, 6.07) is 11.9. The lowest BCUT2D eigenvalue weighted by atomic mass is 10.2. The van der Waals surface area contributed by atoms with Crippen LogP contribution in [0.2, 0.25) is 0 Å². The van der Waals surface area contributed by atoms with E-state index in [1.807, 2.05) is 53.3 Å². The predicted molar refractivity (Wildman–Crippen MR) is 114 cm³/mol. The maximum absolute atomic E-state index is 12.3. The largest absolute Gasteiger partial charge is 0.349 e. The fourth-order valence-corrected chi connectivity index (χ4v) is 4.11. The minimum atomic E-state index is -0.0749. The van der Waals surface area contributed by atoms with Crippen molar-refractivity contribution in [1.82, 2.24) is 30.0 Å². The Labute approximate surface area is 176 Å². The number of thioether (sulfide) groups is 1. The van der Waals surface area contributed by atoms with E-state index in [0.717, 1.165) is 22.0 Å². The molecule has 0 atom stereocenters. The van der Waals surface area contributed by atoms with Crippen molar-refractivity contribution < 1.29 is 4.79 Å². The van der Waals surface area contributed by atoms with Crippen LogP contribution in [0.4, 0.5) is 0 Å². The van der Waals surface area contributed by atoms with Crippen LogP contribution >= 0.6 is 23.1 Å². The minimum absolute atomic E-state index is 0.0749. The van der Waals surface area contributed by atoms with E-state index in [1.165, 1.54) is 28.7 Å². The van der Waals surface area contributed by atoms with Gasteiger partial charge >= 0.3 is 0 Å². The third-order valence-electron chi connectivity index (χ3n) is 4.13. The van der Waals surface area contributed by atoms with Gasteiger partial charge in [0, 0.05) is 29.0 Å². The molecule has 0 bridgehead atoms. The highest BCUT2D eigenvalue weighted by atomic mass is 32.2. The molecule has 4 aromatic rings. The number of rotatable bonds is 7. The lowest BCUT2D eigenvalue weighted by molar-refractivity contribution is -0.118. The molecule has 1 amide bonds. The van der Waals surface area contributed by atoms with Crippen molar-refractivity contribution in [2.45, 2.75) is 18.6 Å². The first kappa shape index (κ1) is 19.3. The molecule has 0 unspecified atom stereocenters. The summed E-state index contributed by atoms with van der Waals surface area (Å²) in [7, 11) is 0. The summed E-state index contributed by atoms with van der Waals surface area (Å²) in [5.41, 5.74) is 4.06. The first-order valence-electron chi connectivity index (χ1n) is 8.90. The molecule has 0 radical (unpaired) electrons. The summed E-state index contributed by atoms with van der Waals surface area (Å²) < 4.78 is 1.87. The normalized spacial score (nSPS) is 10.8. The third-order valence-corrected chi connectivity index (χ3v) is 5.92. The molecule has 0 spiro atoms. The SMILES string of the molecule is Cc1ccc(-n2cnnc2SCC(=O)NCc2nc(-c3ccncc3)cs2)cc1. The Balaban J connectivity index is 1.31. The number of nitrogens with one attached hydrogen (secondary N) is 1. The number of carbonyl (C=O) groups is 1. The number of aromatic nitrogens is 5. The predicted octanol–water partition coefficient (Wildman–Crippen LogP) is 3.50. The molecule has 1 N–H and O–H groups in total. The lowest BCUT2D eigenvalue weighted by Gasteiger charge is -2.07. The zero-order chi connectivity index (χ0) is 20.1. The van der Waals surface area contributed by atoms with Crippen molar-refractivity contribution in [2.75, 3.05) is 5.75 Å². The average molecular weight is 423 g/mol. The third kappa shape index (κ3) is 4.87. The van der Waals surface area contributed by atoms with E-state index in [2.05, 4.69) is 25.5 Å². The lowest BCUT2D eigenvalue weighted by Crippen LogP contribution is -2.24. The van der Waals surface area contributed by atoms with Crippen molar-refractivity contribution in [3.05, 3.63) is 71.1 Å². The van der Waals surface area contributed by atoms with Gasteiger partial charge in [0.25, 0.3) is 0 Å². The number of benzene rings is 1. The van der Waals surface area contributed by atoms with Gasteiger partial charge in [0.2, 0.25) is 5.91 Å². The molecule has 3 aromatic heterocycles. The number of hydrogen-bond acceptors (Lipinski definition) is 7. The number of nitrogens with zero attached hydrogens (tertiary/aromatic N) is 5. The van der Waals surface area contributed by atoms with E-state index in [1.54, 1.807) is 18.7 Å². The summed E-state index contributed by atoms with van der Waals surface area (Å²) in [4.78, 5) is 20.8. The van der Waals surface area contributed by atoms with Crippen LogP contribution in [0.1, 0.15) is 10.6 Å². The van der Waals surface area contributed by atoms with E-state index in [4.69, 9.17) is 0 Å². The Morgan fingerprint density at radius 2 is 1.97 bits per heavy atom. The van der Waals surface area contributed by atoms with Gasteiger partial charge in [0.05, 0.1) is 18.0 Å². The quantitative estimate of drug-likeness (QED) is 0.459. The first-order valence-corrected chi connectivity index (χ1v) is 10.8. The molecule has 0 fully saturated rings. The van der Waals surface area contributed by atoms with Crippen LogP contribution in [0, 0.1) is 6.92 Å². The van der Waals surface area contributed by atoms with Crippen molar-refractivity contribution in [2.24, 2.45) is 0 Å². The van der Waals surface area contributed by atoms with Crippen LogP contribution in [0.5, 0.6) is 0 Å². The number of pyridine rings is 1. The van der Waals surface area contributed by atoms with Crippen molar-refractivity contribution in [3.8, 4) is 16.9 Å². The van der Waals surface area contributed by atoms with Gasteiger partial charge < -0.3 is 5.32 Å². The number of hydrogen-bond donors (Lipinski definition) is 1. The molecule has 0 saturated heterocycles. The van der Waals surface area contributed by atoms with Gasteiger partial charge in [-0.05, 0) is 31.2 Å². The smallest absolute Gasteiger partial charge is 0.230 e. The van der Waals surface area contributed by atoms with Crippen molar-refractivity contribution in [1.29, 1.82) is 0 Å². The maximum atomic E-state index is 12.3. The van der Waals surface area contributed by atoms with Gasteiger partial charge in [-0.2, -0.15) is 0 Å². The molecule has 4 rings (SSSR count). The molecule has 0 aliphatic carbocycles. The molecular weight excluding hydrogens is 404 g/mol. The highest BCUT2D eigenvalue weighted by molar-refractivity contribution is 7.99. The van der Waals surface area contributed by atoms with E-state index in [9.17, 15) is 4.79 Å². The number of carbonyl (C=O) groups excluding carboxylic acids is 1. The van der Waals surface area contributed by atoms with Gasteiger partial charge in [-0.25, -0.2) is 4.98 Å². The zero-order valence-corrected chi connectivity index (χ0v) is 17.3. The summed E-state index contributed by atoms with van der Waals surface area (Å²) in [6.07, 6.45) is 5.13. The summed E-state index contributed by atoms with van der Waals surface area (Å²) in [5, 5.41) is 14.5. The van der Waals surface area contributed by atoms with Crippen LogP contribution in [0.15, 0.2) is 65.7 Å². The Hall–Kier alpha value is -3.04. The second-order valence-corrected chi connectivity index (χ2v) is 8.13. The van der Waals surface area contributed by atoms with Crippen LogP contribution < -0.4 is 5.32 Å². The molecule has 0 aliphatic rings. The van der Waals surface area contributed by atoms with Gasteiger partial charge in [0.1, 0.15) is 11.3 Å². The van der Waals surface area contributed by atoms with E-state index in [0.29, 0.717) is 11.7 Å². The molecule has 1 aromatic carbocycles. The Morgan fingerprint density at radius 3 is 2.76 bits per heavy atom. The van der Waals surface area contributed by atoms with Crippen molar-refractivity contribution >= 4 is 29.0 Å². The van der Waals surface area contributed by atoms with Gasteiger partial charge in [0.15, 0.2) is 5.16 Å². The number of aryl methyl sites for hydroxylation is 1. The molecule has 9 heteroatoms. The monoisotopic (exact) mass is 422 g/mol. The van der Waals surface area contributed by atoms with Crippen LogP contribution in [0.3, 0.4) is 0 Å². The van der Waals surface area contributed by atoms with Crippen LogP contribution in [-0.4, -0.2) is 36.4 Å². The Morgan fingerprint density at radius 1 is 1.17 bits per heavy atom. The fourth-order valence-electron chi connectivity index (χ4n) is 2.61. The summed E-state index contributed by atoms with van der Waals surface area (Å²) >= 11 is 2.87. The maximum Gasteiger partial charge on any atom is 0.230 e. The fraction of sp³-hybridized carbons (Fsp3) is 0.150. The van der Waals surface area contributed by atoms with E-state index < -0.39 is 0 Å². The minimum Gasteiger partial charge on any atom is -0.349 e. The first-order chi connectivity index (χ1) is 14.2. The highest BCUT2D eigenvalue weighted by Gasteiger charge is 2.11. The summed E-state index contributed by atoms with van der Waals surface area (Å²) in [5.74, 6) is 0.182. The standard InChI is InChI=1S/C20H18N6OS2/c1-14-2-4-16(5-3-14)26-13-23-25-20(26)29-12-18(27)22-10-19-24-17(11-28-19)15-6-8-21-9-7-15/h2-9,11,13H,10,12H2,1H3,(H,22,27). The molecule has 7 nitrogen and oxygen atoms in total. The van der Waals surface area contributed by atoms with Crippen molar-refractivity contribution in [3.63, 3.8) is 0 Å². The number of thiazole rings is 1. The molecule has 146 valence electrons. The van der Waals surface area contributed by atoms with Gasteiger partial charge in [-0.1, -0.05) is 29.5 Å². The number of amides is 1. The molecule has 29 heavy (non-hydrogen) atoms. The highest BCUT2D eigenvalue weighted by Crippen LogP contribution is 2.22. The Bertz CT molecular complexity index is 1090. The second-order valence-electron chi connectivity index (χ2n) is 6.25. The van der Waals surface area contributed by atoms with Gasteiger partial charge in [-0.3, -0.25) is 14.3 Å². The van der Waals surface area contributed by atoms with E-state index in [-0.39, 0.29) is 11.7 Å². The molecule has 0 saturated carbocycles. The Kier molecular flexibility index (Phi) is 5.97. The summed E-state index contributed by atoms with van der Waals surface area (Å²) in [6.45, 7) is 2.44. The molecular formula is C20H18N6OS2. The topological polar surface area (TPSA) is 85.6 Å². The van der Waals surface area contributed by atoms with Crippen LogP contribution in [-0.2, 0) is 11.3 Å². The zero-order valence-electron chi connectivity index (χ0n) is 15.6. The molecule has 0 aliphatic heterocycles. The second kappa shape index (κ2) is 8.97. The van der Waals surface area contributed by atoms with E-state index >= 15 is 0 Å². The van der Waals surface area contributed by atoms with Crippen LogP contribution in [0.25, 0.3) is 16.9 Å². The average Bonchev–Trinajstić information content (AvgIpc) is 3.42. The molecule has 3 heterocycles.